The van der Waals surface area contributed by atoms with Crippen LogP contribution in [0.3, 0.4) is 0 Å². The van der Waals surface area contributed by atoms with E-state index in [9.17, 15) is 0 Å². The van der Waals surface area contributed by atoms with Gasteiger partial charge in [0.25, 0.3) is 0 Å². The van der Waals surface area contributed by atoms with Crippen molar-refractivity contribution < 1.29 is 5.11 Å². The zero-order valence-corrected chi connectivity index (χ0v) is 11.2. The van der Waals surface area contributed by atoms with Gasteiger partial charge in [0.15, 0.2) is 0 Å². The van der Waals surface area contributed by atoms with Crippen molar-refractivity contribution in [1.29, 1.82) is 0 Å². The van der Waals surface area contributed by atoms with Gasteiger partial charge in [-0.1, -0.05) is 13.8 Å². The van der Waals surface area contributed by atoms with E-state index in [1.54, 1.807) is 0 Å². The molecule has 1 aromatic rings. The third-order valence-electron chi connectivity index (χ3n) is 3.07. The first kappa shape index (κ1) is 14.2. The van der Waals surface area contributed by atoms with Gasteiger partial charge >= 0.3 is 0 Å². The summed E-state index contributed by atoms with van der Waals surface area (Å²) in [6.07, 6.45) is 5.70. The van der Waals surface area contributed by atoms with Crippen LogP contribution < -0.4 is 5.32 Å². The molecule has 0 bridgehead atoms. The van der Waals surface area contributed by atoms with Gasteiger partial charge < -0.3 is 10.4 Å². The number of hydrogen-bond donors (Lipinski definition) is 2. The van der Waals surface area contributed by atoms with Crippen molar-refractivity contribution in [2.75, 3.05) is 13.2 Å². The van der Waals surface area contributed by atoms with E-state index in [1.165, 1.54) is 0 Å². The summed E-state index contributed by atoms with van der Waals surface area (Å²) in [4.78, 5) is 0. The highest BCUT2D eigenvalue weighted by atomic mass is 16.3. The van der Waals surface area contributed by atoms with Gasteiger partial charge in [0, 0.05) is 38.1 Å². The predicted molar refractivity (Wildman–Crippen MR) is 69.8 cm³/mol. The van der Waals surface area contributed by atoms with Crippen LogP contribution in [0.15, 0.2) is 18.5 Å². The van der Waals surface area contributed by atoms with Gasteiger partial charge in [0.2, 0.25) is 0 Å². The van der Waals surface area contributed by atoms with E-state index in [-0.39, 0.29) is 12.0 Å². The fourth-order valence-electron chi connectivity index (χ4n) is 1.70. The summed E-state index contributed by atoms with van der Waals surface area (Å²) in [7, 11) is 0. The van der Waals surface area contributed by atoms with Gasteiger partial charge in [-0.3, -0.25) is 4.68 Å². The molecule has 0 aliphatic rings. The van der Waals surface area contributed by atoms with Crippen molar-refractivity contribution in [3.05, 3.63) is 18.5 Å². The molecule has 0 radical (unpaired) electrons. The van der Waals surface area contributed by atoms with Gasteiger partial charge in [-0.2, -0.15) is 5.10 Å². The molecular weight excluding hydrogens is 214 g/mol. The molecule has 0 saturated carbocycles. The summed E-state index contributed by atoms with van der Waals surface area (Å²) >= 11 is 0. The zero-order valence-electron chi connectivity index (χ0n) is 11.2. The number of nitrogens with one attached hydrogen (secondary N) is 1. The third-order valence-corrected chi connectivity index (χ3v) is 3.07. The average molecular weight is 239 g/mol. The SMILES string of the molecule is CC(CCn1cccn1)NCC(C)(C)CCO. The molecule has 1 rings (SSSR count). The van der Waals surface area contributed by atoms with E-state index >= 15 is 0 Å². The Hall–Kier alpha value is -0.870. The number of nitrogens with zero attached hydrogens (tertiary/aromatic N) is 2. The monoisotopic (exact) mass is 239 g/mol. The Balaban J connectivity index is 2.18. The van der Waals surface area contributed by atoms with Gasteiger partial charge in [-0.25, -0.2) is 0 Å². The number of hydrogen-bond acceptors (Lipinski definition) is 3. The van der Waals surface area contributed by atoms with Gasteiger partial charge in [-0.15, -0.1) is 0 Å². The molecule has 4 nitrogen and oxygen atoms in total. The molecule has 17 heavy (non-hydrogen) atoms. The minimum Gasteiger partial charge on any atom is -0.396 e. The summed E-state index contributed by atoms with van der Waals surface area (Å²) < 4.78 is 1.96. The lowest BCUT2D eigenvalue weighted by molar-refractivity contribution is 0.202. The van der Waals surface area contributed by atoms with E-state index in [1.807, 2.05) is 23.1 Å². The van der Waals surface area contributed by atoms with Crippen LogP contribution in [-0.2, 0) is 6.54 Å². The molecule has 0 amide bonds. The zero-order chi connectivity index (χ0) is 12.7. The van der Waals surface area contributed by atoms with Gasteiger partial charge in [0.1, 0.15) is 0 Å². The highest BCUT2D eigenvalue weighted by molar-refractivity contribution is 4.78. The van der Waals surface area contributed by atoms with E-state index in [2.05, 4.69) is 31.2 Å². The summed E-state index contributed by atoms with van der Waals surface area (Å²) in [5, 5.41) is 16.7. The molecule has 0 aromatic carbocycles. The van der Waals surface area contributed by atoms with Gasteiger partial charge in [0.05, 0.1) is 0 Å². The first-order chi connectivity index (χ1) is 8.03. The second-order valence-corrected chi connectivity index (χ2v) is 5.48. The molecule has 0 saturated heterocycles. The van der Waals surface area contributed by atoms with Crippen molar-refractivity contribution in [2.24, 2.45) is 5.41 Å². The van der Waals surface area contributed by atoms with Crippen molar-refractivity contribution in [1.82, 2.24) is 15.1 Å². The van der Waals surface area contributed by atoms with E-state index in [4.69, 9.17) is 5.11 Å². The second-order valence-electron chi connectivity index (χ2n) is 5.48. The molecule has 1 atom stereocenters. The Kier molecular flexibility index (Phi) is 5.65. The maximum Gasteiger partial charge on any atom is 0.0489 e. The summed E-state index contributed by atoms with van der Waals surface area (Å²) in [5.41, 5.74) is 0.161. The Bertz CT molecular complexity index is 296. The van der Waals surface area contributed by atoms with E-state index in [0.717, 1.165) is 25.9 Å². The van der Waals surface area contributed by atoms with Crippen LogP contribution in [0.5, 0.6) is 0 Å². The molecular formula is C13H25N3O. The average Bonchev–Trinajstić information content (AvgIpc) is 2.76. The van der Waals surface area contributed by atoms with E-state index < -0.39 is 0 Å². The molecule has 0 aliphatic heterocycles. The van der Waals surface area contributed by atoms with Crippen molar-refractivity contribution in [2.45, 2.75) is 46.2 Å². The Labute approximate surface area is 104 Å². The molecule has 1 aromatic heterocycles. The summed E-state index contributed by atoms with van der Waals surface area (Å²) in [6, 6.07) is 2.42. The van der Waals surface area contributed by atoms with Crippen LogP contribution in [0.25, 0.3) is 0 Å². The minimum absolute atomic E-state index is 0.161. The maximum atomic E-state index is 8.96. The van der Waals surface area contributed by atoms with Crippen LogP contribution in [0.2, 0.25) is 0 Å². The highest BCUT2D eigenvalue weighted by Crippen LogP contribution is 2.18. The molecule has 0 fully saturated rings. The molecule has 98 valence electrons. The Morgan fingerprint density at radius 3 is 2.82 bits per heavy atom. The Morgan fingerprint density at radius 2 is 2.24 bits per heavy atom. The predicted octanol–water partition coefficient (Wildman–Crippen LogP) is 1.66. The molecule has 1 heterocycles. The smallest absolute Gasteiger partial charge is 0.0489 e. The first-order valence-electron chi connectivity index (χ1n) is 6.35. The molecule has 4 heteroatoms. The van der Waals surface area contributed by atoms with Crippen molar-refractivity contribution >= 4 is 0 Å². The lowest BCUT2D eigenvalue weighted by atomic mass is 9.89. The number of aromatic nitrogens is 2. The van der Waals surface area contributed by atoms with Crippen LogP contribution >= 0.6 is 0 Å². The molecule has 0 aliphatic carbocycles. The number of aryl methyl sites for hydroxylation is 1. The standard InChI is InChI=1S/C13H25N3O/c1-12(5-9-16-8-4-7-15-16)14-11-13(2,3)6-10-17/h4,7-8,12,14,17H,5-6,9-11H2,1-3H3. The quantitative estimate of drug-likeness (QED) is 0.725. The summed E-state index contributed by atoms with van der Waals surface area (Å²) in [6.45, 7) is 8.69. The second kappa shape index (κ2) is 6.77. The third kappa shape index (κ3) is 5.84. The Morgan fingerprint density at radius 1 is 1.47 bits per heavy atom. The van der Waals surface area contributed by atoms with Crippen LogP contribution in [0, 0.1) is 5.41 Å². The van der Waals surface area contributed by atoms with Crippen molar-refractivity contribution in [3.63, 3.8) is 0 Å². The molecule has 2 N–H and O–H groups in total. The lowest BCUT2D eigenvalue weighted by Crippen LogP contribution is -2.36. The van der Waals surface area contributed by atoms with Gasteiger partial charge in [-0.05, 0) is 31.2 Å². The number of aliphatic hydroxyl groups is 1. The maximum absolute atomic E-state index is 8.96. The summed E-state index contributed by atoms with van der Waals surface area (Å²) in [5.74, 6) is 0. The normalized spacial score (nSPS) is 13.9. The lowest BCUT2D eigenvalue weighted by Gasteiger charge is -2.26. The largest absolute Gasteiger partial charge is 0.396 e. The number of rotatable bonds is 8. The van der Waals surface area contributed by atoms with Crippen molar-refractivity contribution in [3.8, 4) is 0 Å². The van der Waals surface area contributed by atoms with Crippen LogP contribution in [0.1, 0.15) is 33.6 Å². The topological polar surface area (TPSA) is 50.1 Å². The fourth-order valence-corrected chi connectivity index (χ4v) is 1.70. The van der Waals surface area contributed by atoms with Crippen LogP contribution in [0.4, 0.5) is 0 Å². The van der Waals surface area contributed by atoms with Crippen LogP contribution in [-0.4, -0.2) is 34.1 Å². The minimum atomic E-state index is 0.161. The van der Waals surface area contributed by atoms with E-state index in [0.29, 0.717) is 6.04 Å². The first-order valence-corrected chi connectivity index (χ1v) is 6.35. The number of aliphatic hydroxyl groups excluding tert-OH is 1. The molecule has 0 spiro atoms. The fraction of sp³-hybridized carbons (Fsp3) is 0.769. The highest BCUT2D eigenvalue weighted by Gasteiger charge is 2.17. The molecule has 1 unspecified atom stereocenters.